The lowest BCUT2D eigenvalue weighted by Gasteiger charge is -2.17. The summed E-state index contributed by atoms with van der Waals surface area (Å²) in [6.45, 7) is 4.06. The van der Waals surface area contributed by atoms with Gasteiger partial charge in [-0.05, 0) is 68.9 Å². The maximum absolute atomic E-state index is 12.8. The van der Waals surface area contributed by atoms with Crippen LogP contribution in [0.25, 0.3) is 11.0 Å². The van der Waals surface area contributed by atoms with E-state index in [1.807, 2.05) is 24.6 Å². The topological polar surface area (TPSA) is 76.9 Å². The SMILES string of the molecule is CC(C)n1ncc2cc(NS(=O)(=O)c3ccc4c(c3)CCCC4)cnc21. The maximum Gasteiger partial charge on any atom is 0.261 e. The van der Waals surface area contributed by atoms with Crippen LogP contribution in [-0.2, 0) is 22.9 Å². The minimum absolute atomic E-state index is 0.193. The molecule has 136 valence electrons. The van der Waals surface area contributed by atoms with Crippen molar-refractivity contribution in [3.05, 3.63) is 47.8 Å². The molecule has 0 fully saturated rings. The van der Waals surface area contributed by atoms with Gasteiger partial charge in [0.25, 0.3) is 10.0 Å². The molecule has 1 aliphatic carbocycles. The monoisotopic (exact) mass is 370 g/mol. The van der Waals surface area contributed by atoms with Crippen molar-refractivity contribution in [2.24, 2.45) is 0 Å². The summed E-state index contributed by atoms with van der Waals surface area (Å²) in [6, 6.07) is 7.40. The molecule has 26 heavy (non-hydrogen) atoms. The second-order valence-electron chi connectivity index (χ2n) is 7.06. The third kappa shape index (κ3) is 3.07. The Morgan fingerprint density at radius 3 is 2.62 bits per heavy atom. The highest BCUT2D eigenvalue weighted by Gasteiger charge is 2.18. The first-order chi connectivity index (χ1) is 12.4. The van der Waals surface area contributed by atoms with E-state index in [1.165, 1.54) is 12.0 Å². The lowest BCUT2D eigenvalue weighted by Crippen LogP contribution is -2.14. The molecule has 0 saturated heterocycles. The molecule has 3 aromatic rings. The van der Waals surface area contributed by atoms with Crippen LogP contribution >= 0.6 is 0 Å². The Morgan fingerprint density at radius 2 is 1.85 bits per heavy atom. The molecule has 4 rings (SSSR count). The van der Waals surface area contributed by atoms with E-state index >= 15 is 0 Å². The Balaban J connectivity index is 1.64. The van der Waals surface area contributed by atoms with E-state index in [9.17, 15) is 8.42 Å². The molecule has 2 heterocycles. The van der Waals surface area contributed by atoms with E-state index in [4.69, 9.17) is 0 Å². The summed E-state index contributed by atoms with van der Waals surface area (Å²) in [5, 5.41) is 5.13. The number of nitrogens with one attached hydrogen (secondary N) is 1. The number of aryl methyl sites for hydroxylation is 2. The highest BCUT2D eigenvalue weighted by molar-refractivity contribution is 7.92. The van der Waals surface area contributed by atoms with Gasteiger partial charge in [0.2, 0.25) is 0 Å². The Labute approximate surface area is 153 Å². The molecule has 2 aromatic heterocycles. The number of nitrogens with zero attached hydrogens (tertiary/aromatic N) is 3. The highest BCUT2D eigenvalue weighted by Crippen LogP contribution is 2.26. The Hall–Kier alpha value is -2.41. The van der Waals surface area contributed by atoms with Gasteiger partial charge in [0.15, 0.2) is 5.65 Å². The molecule has 0 saturated carbocycles. The fraction of sp³-hybridized carbons (Fsp3) is 0.368. The standard InChI is InChI=1S/C19H22N4O2S/c1-13(2)23-19-16(11-21-23)9-17(12-20-19)22-26(24,25)18-8-7-14-5-3-4-6-15(14)10-18/h7-13,22H,3-6H2,1-2H3. The van der Waals surface area contributed by atoms with Crippen molar-refractivity contribution >= 4 is 26.7 Å². The normalized spacial score (nSPS) is 14.6. The van der Waals surface area contributed by atoms with Crippen LogP contribution < -0.4 is 4.72 Å². The van der Waals surface area contributed by atoms with Gasteiger partial charge in [-0.3, -0.25) is 4.72 Å². The van der Waals surface area contributed by atoms with Gasteiger partial charge in [0, 0.05) is 11.4 Å². The molecule has 1 N–H and O–H groups in total. The zero-order valence-corrected chi connectivity index (χ0v) is 15.8. The van der Waals surface area contributed by atoms with E-state index in [-0.39, 0.29) is 6.04 Å². The van der Waals surface area contributed by atoms with Crippen LogP contribution in [0, 0.1) is 0 Å². The van der Waals surface area contributed by atoms with Crippen LogP contribution in [0.5, 0.6) is 0 Å². The largest absolute Gasteiger partial charge is 0.278 e. The zero-order valence-electron chi connectivity index (χ0n) is 14.9. The average molecular weight is 370 g/mol. The molecule has 0 atom stereocenters. The molecular formula is C19H22N4O2S. The second-order valence-corrected chi connectivity index (χ2v) is 8.75. The Kier molecular flexibility index (Phi) is 4.19. The van der Waals surface area contributed by atoms with Crippen molar-refractivity contribution in [3.63, 3.8) is 0 Å². The maximum atomic E-state index is 12.8. The average Bonchev–Trinajstić information content (AvgIpc) is 3.04. The lowest BCUT2D eigenvalue weighted by atomic mass is 9.92. The summed E-state index contributed by atoms with van der Waals surface area (Å²) in [5.74, 6) is 0. The number of rotatable bonds is 4. The molecule has 6 nitrogen and oxygen atoms in total. The fourth-order valence-electron chi connectivity index (χ4n) is 3.46. The van der Waals surface area contributed by atoms with Gasteiger partial charge < -0.3 is 0 Å². The number of benzene rings is 1. The zero-order chi connectivity index (χ0) is 18.3. The van der Waals surface area contributed by atoms with E-state index < -0.39 is 10.0 Å². The van der Waals surface area contributed by atoms with Gasteiger partial charge in [-0.15, -0.1) is 0 Å². The summed E-state index contributed by atoms with van der Waals surface area (Å²) in [7, 11) is -3.64. The number of aromatic nitrogens is 3. The van der Waals surface area contributed by atoms with Crippen molar-refractivity contribution in [3.8, 4) is 0 Å². The summed E-state index contributed by atoms with van der Waals surface area (Å²) in [5.41, 5.74) is 3.60. The third-order valence-corrected chi connectivity index (χ3v) is 6.18. The van der Waals surface area contributed by atoms with Crippen molar-refractivity contribution in [2.45, 2.75) is 50.5 Å². The molecule has 1 aliphatic rings. The van der Waals surface area contributed by atoms with Gasteiger partial charge >= 0.3 is 0 Å². The first-order valence-corrected chi connectivity index (χ1v) is 10.4. The Morgan fingerprint density at radius 1 is 1.08 bits per heavy atom. The first kappa shape index (κ1) is 17.0. The number of sulfonamides is 1. The van der Waals surface area contributed by atoms with Gasteiger partial charge in [-0.2, -0.15) is 5.10 Å². The molecule has 1 aromatic carbocycles. The minimum Gasteiger partial charge on any atom is -0.278 e. The highest BCUT2D eigenvalue weighted by atomic mass is 32.2. The number of anilines is 1. The van der Waals surface area contributed by atoms with Crippen LogP contribution in [0.2, 0.25) is 0 Å². The van der Waals surface area contributed by atoms with E-state index in [0.717, 1.165) is 35.9 Å². The van der Waals surface area contributed by atoms with Crippen LogP contribution in [0.15, 0.2) is 41.6 Å². The molecule has 0 aliphatic heterocycles. The fourth-order valence-corrected chi connectivity index (χ4v) is 4.55. The summed E-state index contributed by atoms with van der Waals surface area (Å²) in [4.78, 5) is 4.69. The molecule has 0 radical (unpaired) electrons. The lowest BCUT2D eigenvalue weighted by molar-refractivity contribution is 0.546. The number of pyridine rings is 1. The quantitative estimate of drug-likeness (QED) is 0.760. The van der Waals surface area contributed by atoms with Crippen molar-refractivity contribution in [1.82, 2.24) is 14.8 Å². The molecule has 0 spiro atoms. The molecular weight excluding hydrogens is 348 g/mol. The number of hydrogen-bond acceptors (Lipinski definition) is 4. The summed E-state index contributed by atoms with van der Waals surface area (Å²) in [6.07, 6.45) is 7.51. The van der Waals surface area contributed by atoms with Gasteiger partial charge in [-0.25, -0.2) is 18.1 Å². The Bertz CT molecular complexity index is 1070. The van der Waals surface area contributed by atoms with E-state index in [2.05, 4.69) is 14.8 Å². The minimum atomic E-state index is -3.64. The molecule has 0 bridgehead atoms. The summed E-state index contributed by atoms with van der Waals surface area (Å²) < 4.78 is 30.0. The molecule has 0 amide bonds. The van der Waals surface area contributed by atoms with Crippen molar-refractivity contribution in [1.29, 1.82) is 0 Å². The smallest absolute Gasteiger partial charge is 0.261 e. The predicted molar refractivity (Wildman–Crippen MR) is 102 cm³/mol. The first-order valence-electron chi connectivity index (χ1n) is 8.92. The van der Waals surface area contributed by atoms with Gasteiger partial charge in [0.05, 0.1) is 23.0 Å². The molecule has 0 unspecified atom stereocenters. The van der Waals surface area contributed by atoms with Gasteiger partial charge in [-0.1, -0.05) is 6.07 Å². The van der Waals surface area contributed by atoms with E-state index in [1.54, 1.807) is 30.6 Å². The van der Waals surface area contributed by atoms with E-state index in [0.29, 0.717) is 10.6 Å². The summed E-state index contributed by atoms with van der Waals surface area (Å²) >= 11 is 0. The number of fused-ring (bicyclic) bond motifs is 2. The number of hydrogen-bond donors (Lipinski definition) is 1. The van der Waals surface area contributed by atoms with Crippen molar-refractivity contribution in [2.75, 3.05) is 4.72 Å². The van der Waals surface area contributed by atoms with Crippen LogP contribution in [-0.4, -0.2) is 23.2 Å². The predicted octanol–water partition coefficient (Wildman–Crippen LogP) is 3.69. The van der Waals surface area contributed by atoms with Crippen LogP contribution in [0.4, 0.5) is 5.69 Å². The third-order valence-electron chi connectivity index (χ3n) is 4.80. The van der Waals surface area contributed by atoms with Gasteiger partial charge in [0.1, 0.15) is 0 Å². The van der Waals surface area contributed by atoms with Crippen LogP contribution in [0.3, 0.4) is 0 Å². The van der Waals surface area contributed by atoms with Crippen LogP contribution in [0.1, 0.15) is 43.9 Å². The second kappa shape index (κ2) is 6.39. The van der Waals surface area contributed by atoms with Crippen molar-refractivity contribution < 1.29 is 8.42 Å². The molecule has 7 heteroatoms.